The van der Waals surface area contributed by atoms with Crippen molar-refractivity contribution in [2.24, 2.45) is 0 Å². The molecule has 1 aliphatic heterocycles. The van der Waals surface area contributed by atoms with E-state index in [4.69, 9.17) is 16.3 Å². The first-order valence-corrected chi connectivity index (χ1v) is 9.54. The van der Waals surface area contributed by atoms with Crippen LogP contribution < -0.4 is 0 Å². The Morgan fingerprint density at radius 2 is 1.81 bits per heavy atom. The van der Waals surface area contributed by atoms with Gasteiger partial charge >= 0.3 is 0 Å². The number of halogens is 1. The second kappa shape index (κ2) is 8.34. The van der Waals surface area contributed by atoms with Crippen LogP contribution >= 0.6 is 11.6 Å². The van der Waals surface area contributed by atoms with E-state index in [2.05, 4.69) is 61.0 Å². The van der Waals surface area contributed by atoms with Gasteiger partial charge in [-0.3, -0.25) is 4.90 Å². The van der Waals surface area contributed by atoms with Crippen LogP contribution in [0.4, 0.5) is 0 Å². The maximum absolute atomic E-state index is 6.15. The zero-order valence-corrected chi connectivity index (χ0v) is 16.6. The predicted octanol–water partition coefficient (Wildman–Crippen LogP) is 4.80. The van der Waals surface area contributed by atoms with Crippen LogP contribution in [-0.4, -0.2) is 42.7 Å². The lowest BCUT2D eigenvalue weighted by atomic mass is 9.85. The van der Waals surface area contributed by atoms with Crippen molar-refractivity contribution >= 4 is 17.2 Å². The van der Waals surface area contributed by atoms with Crippen molar-refractivity contribution in [3.63, 3.8) is 0 Å². The monoisotopic (exact) mass is 370 g/mol. The van der Waals surface area contributed by atoms with Crippen LogP contribution in [0.2, 0.25) is 5.15 Å². The Morgan fingerprint density at radius 3 is 2.42 bits per heavy atom. The average Bonchev–Trinajstić information content (AvgIpc) is 2.63. The molecule has 0 radical (unpaired) electrons. The maximum atomic E-state index is 6.15. The molecule has 3 nitrogen and oxygen atoms in total. The van der Waals surface area contributed by atoms with Crippen LogP contribution in [0.1, 0.15) is 37.5 Å². The Hall–Kier alpha value is -1.68. The van der Waals surface area contributed by atoms with Crippen LogP contribution in [0.25, 0.3) is 5.57 Å². The zero-order valence-electron chi connectivity index (χ0n) is 15.8. The van der Waals surface area contributed by atoms with E-state index in [1.807, 2.05) is 12.1 Å². The number of rotatable bonds is 4. The average molecular weight is 371 g/mol. The summed E-state index contributed by atoms with van der Waals surface area (Å²) in [6.07, 6.45) is 4.06. The van der Waals surface area contributed by atoms with Gasteiger partial charge in [0, 0.05) is 25.8 Å². The minimum absolute atomic E-state index is 0.149. The molecule has 0 spiro atoms. The van der Waals surface area contributed by atoms with Crippen molar-refractivity contribution in [1.29, 1.82) is 0 Å². The van der Waals surface area contributed by atoms with Gasteiger partial charge in [-0.1, -0.05) is 62.7 Å². The van der Waals surface area contributed by atoms with Crippen LogP contribution in [0.15, 0.2) is 48.7 Å². The molecule has 26 heavy (non-hydrogen) atoms. The molecule has 0 N–H and O–H groups in total. The Morgan fingerprint density at radius 1 is 1.12 bits per heavy atom. The quantitative estimate of drug-likeness (QED) is 0.723. The highest BCUT2D eigenvalue weighted by Crippen LogP contribution is 2.28. The Labute approximate surface area is 161 Å². The zero-order chi connectivity index (χ0) is 18.6. The summed E-state index contributed by atoms with van der Waals surface area (Å²) in [7, 11) is 0. The van der Waals surface area contributed by atoms with Gasteiger partial charge in [0.05, 0.1) is 13.2 Å². The number of hydrogen-bond acceptors (Lipinski definition) is 3. The molecule has 2 aromatic rings. The van der Waals surface area contributed by atoms with Gasteiger partial charge in [0.15, 0.2) is 0 Å². The van der Waals surface area contributed by atoms with Gasteiger partial charge in [0.2, 0.25) is 0 Å². The maximum Gasteiger partial charge on any atom is 0.129 e. The largest absolute Gasteiger partial charge is 0.379 e. The molecule has 4 heteroatoms. The van der Waals surface area contributed by atoms with E-state index in [1.54, 1.807) is 6.20 Å². The lowest BCUT2D eigenvalue weighted by molar-refractivity contribution is 0.0435. The standard InChI is InChI=1S/C22H27ClN2O/c1-22(2,3)19-6-4-17(5-7-19)20(18-8-10-24-21(23)16-18)9-11-25-12-14-26-15-13-25/h4-10,16H,11-15H2,1-3H3/b20-9-. The number of ether oxygens (including phenoxy) is 1. The minimum Gasteiger partial charge on any atom is -0.379 e. The van der Waals surface area contributed by atoms with Crippen LogP contribution in [0.3, 0.4) is 0 Å². The lowest BCUT2D eigenvalue weighted by Gasteiger charge is -2.25. The highest BCUT2D eigenvalue weighted by Gasteiger charge is 2.15. The molecule has 1 aromatic heterocycles. The summed E-state index contributed by atoms with van der Waals surface area (Å²) in [5.74, 6) is 0. The summed E-state index contributed by atoms with van der Waals surface area (Å²) < 4.78 is 5.45. The molecule has 1 saturated heterocycles. The number of nitrogens with zero attached hydrogens (tertiary/aromatic N) is 2. The van der Waals surface area contributed by atoms with Gasteiger partial charge < -0.3 is 4.74 Å². The second-order valence-electron chi connectivity index (χ2n) is 7.73. The molecule has 0 saturated carbocycles. The summed E-state index contributed by atoms with van der Waals surface area (Å²) in [5, 5.41) is 0.520. The first-order valence-electron chi connectivity index (χ1n) is 9.16. The molecule has 3 rings (SSSR count). The summed E-state index contributed by atoms with van der Waals surface area (Å²) in [6.45, 7) is 11.2. The topological polar surface area (TPSA) is 25.4 Å². The molecule has 0 atom stereocenters. The van der Waals surface area contributed by atoms with Crippen LogP contribution in [0, 0.1) is 0 Å². The van der Waals surface area contributed by atoms with Crippen molar-refractivity contribution in [2.75, 3.05) is 32.8 Å². The fourth-order valence-corrected chi connectivity index (χ4v) is 3.30. The van der Waals surface area contributed by atoms with E-state index < -0.39 is 0 Å². The van der Waals surface area contributed by atoms with E-state index in [-0.39, 0.29) is 5.41 Å². The Bertz CT molecular complexity index is 756. The molecular formula is C22H27ClN2O. The third-order valence-corrected chi connectivity index (χ3v) is 4.96. The molecule has 0 bridgehead atoms. The molecule has 1 fully saturated rings. The second-order valence-corrected chi connectivity index (χ2v) is 8.11. The van der Waals surface area contributed by atoms with E-state index >= 15 is 0 Å². The van der Waals surface area contributed by atoms with Gasteiger partial charge in [-0.2, -0.15) is 0 Å². The predicted molar refractivity (Wildman–Crippen MR) is 109 cm³/mol. The molecular weight excluding hydrogens is 344 g/mol. The number of benzene rings is 1. The first-order chi connectivity index (χ1) is 12.4. The van der Waals surface area contributed by atoms with E-state index in [1.165, 1.54) is 16.7 Å². The van der Waals surface area contributed by atoms with Crippen LogP contribution in [0.5, 0.6) is 0 Å². The van der Waals surface area contributed by atoms with Gasteiger partial charge in [0.25, 0.3) is 0 Å². The van der Waals surface area contributed by atoms with Crippen molar-refractivity contribution < 1.29 is 4.74 Å². The van der Waals surface area contributed by atoms with E-state index in [0.717, 1.165) is 38.4 Å². The van der Waals surface area contributed by atoms with Gasteiger partial charge in [-0.15, -0.1) is 0 Å². The third-order valence-electron chi connectivity index (χ3n) is 4.76. The molecule has 2 heterocycles. The minimum atomic E-state index is 0.149. The summed E-state index contributed by atoms with van der Waals surface area (Å²) in [4.78, 5) is 6.54. The lowest BCUT2D eigenvalue weighted by Crippen LogP contribution is -2.36. The normalized spacial score (nSPS) is 16.7. The summed E-state index contributed by atoms with van der Waals surface area (Å²) in [5.41, 5.74) is 4.98. The van der Waals surface area contributed by atoms with Crippen molar-refractivity contribution in [3.8, 4) is 0 Å². The Kier molecular flexibility index (Phi) is 6.13. The van der Waals surface area contributed by atoms with E-state index in [9.17, 15) is 0 Å². The summed E-state index contributed by atoms with van der Waals surface area (Å²) in [6, 6.07) is 12.8. The number of aromatic nitrogens is 1. The fraction of sp³-hybridized carbons (Fsp3) is 0.409. The Balaban J connectivity index is 1.92. The first kappa shape index (κ1) is 19.1. The van der Waals surface area contributed by atoms with Crippen molar-refractivity contribution in [2.45, 2.75) is 26.2 Å². The van der Waals surface area contributed by atoms with Crippen LogP contribution in [-0.2, 0) is 10.2 Å². The van der Waals surface area contributed by atoms with Crippen molar-refractivity contribution in [1.82, 2.24) is 9.88 Å². The molecule has 0 aliphatic carbocycles. The third kappa shape index (κ3) is 4.94. The highest BCUT2D eigenvalue weighted by atomic mass is 35.5. The molecule has 138 valence electrons. The smallest absolute Gasteiger partial charge is 0.129 e. The molecule has 0 unspecified atom stereocenters. The molecule has 0 amide bonds. The molecule has 1 aromatic carbocycles. The van der Waals surface area contributed by atoms with Crippen molar-refractivity contribution in [3.05, 3.63) is 70.5 Å². The van der Waals surface area contributed by atoms with Gasteiger partial charge in [-0.25, -0.2) is 4.98 Å². The van der Waals surface area contributed by atoms with Gasteiger partial charge in [0.1, 0.15) is 5.15 Å². The van der Waals surface area contributed by atoms with E-state index in [0.29, 0.717) is 5.15 Å². The molecule has 1 aliphatic rings. The number of morpholine rings is 1. The number of hydrogen-bond donors (Lipinski definition) is 0. The SMILES string of the molecule is CC(C)(C)c1ccc(/C(=C/CN2CCOCC2)c2ccnc(Cl)c2)cc1. The number of pyridine rings is 1. The summed E-state index contributed by atoms with van der Waals surface area (Å²) >= 11 is 6.15. The fourth-order valence-electron chi connectivity index (χ4n) is 3.13. The highest BCUT2D eigenvalue weighted by molar-refractivity contribution is 6.29. The van der Waals surface area contributed by atoms with Gasteiger partial charge in [-0.05, 0) is 39.8 Å².